The van der Waals surface area contributed by atoms with E-state index in [-0.39, 0.29) is 11.3 Å². The summed E-state index contributed by atoms with van der Waals surface area (Å²) in [6, 6.07) is 0. The van der Waals surface area contributed by atoms with Crippen molar-refractivity contribution in [1.82, 2.24) is 0 Å². The topological polar surface area (TPSA) is 49.7 Å². The minimum atomic E-state index is -1.15. The highest BCUT2D eigenvalue weighted by Crippen LogP contribution is 2.62. The van der Waals surface area contributed by atoms with Crippen molar-refractivity contribution in [3.05, 3.63) is 11.6 Å². The summed E-state index contributed by atoms with van der Waals surface area (Å²) in [6.07, 6.45) is 4.93. The van der Waals surface area contributed by atoms with E-state index in [2.05, 4.69) is 20.8 Å². The maximum absolute atomic E-state index is 11.1. The molecule has 2 fully saturated rings. The predicted octanol–water partition coefficient (Wildman–Crippen LogP) is 2.37. The van der Waals surface area contributed by atoms with Crippen LogP contribution in [-0.2, 0) is 4.74 Å². The van der Waals surface area contributed by atoms with Crippen LogP contribution >= 0.6 is 0 Å². The lowest BCUT2D eigenvalue weighted by molar-refractivity contribution is -0.328. The van der Waals surface area contributed by atoms with Gasteiger partial charge in [-0.2, -0.15) is 0 Å². The molecule has 18 heavy (non-hydrogen) atoms. The van der Waals surface area contributed by atoms with Gasteiger partial charge in [-0.3, -0.25) is 0 Å². The Balaban J connectivity index is 2.17. The molecule has 3 aliphatic rings. The van der Waals surface area contributed by atoms with E-state index in [0.717, 1.165) is 18.4 Å². The van der Waals surface area contributed by atoms with Crippen LogP contribution < -0.4 is 0 Å². The van der Waals surface area contributed by atoms with Crippen molar-refractivity contribution in [2.24, 2.45) is 11.3 Å². The van der Waals surface area contributed by atoms with Crippen molar-refractivity contribution in [3.63, 3.8) is 0 Å². The maximum atomic E-state index is 11.1. The summed E-state index contributed by atoms with van der Waals surface area (Å²) < 4.78 is 6.12. The van der Waals surface area contributed by atoms with Gasteiger partial charge in [0.1, 0.15) is 11.2 Å². The molecule has 2 N–H and O–H groups in total. The van der Waals surface area contributed by atoms with Crippen molar-refractivity contribution in [2.75, 3.05) is 0 Å². The Hall–Kier alpha value is -0.380. The number of hydrogen-bond acceptors (Lipinski definition) is 3. The largest absolute Gasteiger partial charge is 0.383 e. The fraction of sp³-hybridized carbons (Fsp3) is 0.867. The molecule has 2 bridgehead atoms. The number of fused-ring (bicyclic) bond motifs is 1. The Morgan fingerprint density at radius 2 is 1.94 bits per heavy atom. The first-order valence-electron chi connectivity index (χ1n) is 6.97. The van der Waals surface area contributed by atoms with E-state index in [9.17, 15) is 10.2 Å². The summed E-state index contributed by atoms with van der Waals surface area (Å²) in [5.74, 6) is -0.881. The van der Waals surface area contributed by atoms with E-state index in [0.29, 0.717) is 12.8 Å². The second-order valence-electron chi connectivity index (χ2n) is 7.49. The molecule has 0 amide bonds. The average molecular weight is 252 g/mol. The monoisotopic (exact) mass is 252 g/mol. The van der Waals surface area contributed by atoms with Gasteiger partial charge in [0.25, 0.3) is 0 Å². The lowest BCUT2D eigenvalue weighted by atomic mass is 9.67. The van der Waals surface area contributed by atoms with E-state index >= 15 is 0 Å². The Morgan fingerprint density at radius 3 is 2.61 bits per heavy atom. The third-order valence-electron chi connectivity index (χ3n) is 5.36. The summed E-state index contributed by atoms with van der Waals surface area (Å²) in [5, 5.41) is 21.7. The quantitative estimate of drug-likeness (QED) is 0.651. The van der Waals surface area contributed by atoms with Gasteiger partial charge in [0.05, 0.1) is 0 Å². The molecule has 1 saturated carbocycles. The van der Waals surface area contributed by atoms with Crippen LogP contribution in [0.3, 0.4) is 0 Å². The van der Waals surface area contributed by atoms with Gasteiger partial charge in [-0.05, 0) is 49.2 Å². The van der Waals surface area contributed by atoms with E-state index in [1.54, 1.807) is 0 Å². The fourth-order valence-corrected chi connectivity index (χ4v) is 4.55. The lowest BCUT2D eigenvalue weighted by Gasteiger charge is -2.56. The Morgan fingerprint density at radius 1 is 1.28 bits per heavy atom. The highest BCUT2D eigenvalue weighted by atomic mass is 16.7. The number of hydrogen-bond donors (Lipinski definition) is 2. The van der Waals surface area contributed by atoms with Crippen molar-refractivity contribution in [2.45, 2.75) is 70.4 Å². The molecule has 1 saturated heterocycles. The highest BCUT2D eigenvalue weighted by Gasteiger charge is 2.68. The molecule has 102 valence electrons. The summed E-state index contributed by atoms with van der Waals surface area (Å²) in [5.41, 5.74) is -0.719. The van der Waals surface area contributed by atoms with Crippen LogP contribution in [0, 0.1) is 11.3 Å². The Kier molecular flexibility index (Phi) is 2.24. The highest BCUT2D eigenvalue weighted by molar-refractivity contribution is 5.32. The van der Waals surface area contributed by atoms with Crippen molar-refractivity contribution in [3.8, 4) is 0 Å². The summed E-state index contributed by atoms with van der Waals surface area (Å²) in [6.45, 7) is 8.35. The summed E-state index contributed by atoms with van der Waals surface area (Å²) >= 11 is 0. The van der Waals surface area contributed by atoms with Crippen LogP contribution in [0.2, 0.25) is 0 Å². The van der Waals surface area contributed by atoms with Gasteiger partial charge in [0.2, 0.25) is 0 Å². The molecule has 2 heterocycles. The first-order valence-corrected chi connectivity index (χ1v) is 6.97. The Bertz CT molecular complexity index is 427. The molecule has 1 spiro atoms. The van der Waals surface area contributed by atoms with E-state index in [1.807, 2.05) is 13.0 Å². The first kappa shape index (κ1) is 12.6. The van der Waals surface area contributed by atoms with Crippen LogP contribution in [0.1, 0.15) is 53.4 Å². The molecular formula is C15H24O3. The molecule has 1 aliphatic carbocycles. The standard InChI is InChI=1S/C15H24O3/c1-10-5-6-15(17)11(2)7-13(16)8-12(3,4)9-14(10,13)18-15/h7,10,16-17H,5-6,8-9H2,1-4H3/t10-,13+,14-,15+/m1/s1. The van der Waals surface area contributed by atoms with Gasteiger partial charge in [0, 0.05) is 6.42 Å². The van der Waals surface area contributed by atoms with Crippen LogP contribution in [0.5, 0.6) is 0 Å². The average Bonchev–Trinajstić information content (AvgIpc) is 2.40. The van der Waals surface area contributed by atoms with Gasteiger partial charge in [-0.25, -0.2) is 0 Å². The third-order valence-corrected chi connectivity index (χ3v) is 5.36. The van der Waals surface area contributed by atoms with Gasteiger partial charge in [-0.1, -0.05) is 20.8 Å². The van der Waals surface area contributed by atoms with Crippen molar-refractivity contribution >= 4 is 0 Å². The molecular weight excluding hydrogens is 228 g/mol. The minimum Gasteiger partial charge on any atom is -0.383 e. The second-order valence-corrected chi connectivity index (χ2v) is 7.49. The SMILES string of the molecule is CC1=C[C@]2(O)CC(C)(C)C[C@]23O[C@@]1(O)CC[C@H]3C. The molecule has 0 aromatic carbocycles. The summed E-state index contributed by atoms with van der Waals surface area (Å²) in [7, 11) is 0. The molecule has 0 aromatic heterocycles. The van der Waals surface area contributed by atoms with E-state index < -0.39 is 17.0 Å². The van der Waals surface area contributed by atoms with Crippen molar-refractivity contribution in [1.29, 1.82) is 0 Å². The zero-order chi connectivity index (χ0) is 13.4. The van der Waals surface area contributed by atoms with Crippen molar-refractivity contribution < 1.29 is 14.9 Å². The molecule has 2 aliphatic heterocycles. The predicted molar refractivity (Wildman–Crippen MR) is 68.9 cm³/mol. The van der Waals surface area contributed by atoms with Gasteiger partial charge < -0.3 is 14.9 Å². The van der Waals surface area contributed by atoms with Crippen LogP contribution in [0.15, 0.2) is 11.6 Å². The molecule has 0 unspecified atom stereocenters. The molecule has 0 aromatic rings. The Labute approximate surface area is 109 Å². The zero-order valence-corrected chi connectivity index (χ0v) is 11.8. The maximum Gasteiger partial charge on any atom is 0.188 e. The molecule has 3 nitrogen and oxygen atoms in total. The van der Waals surface area contributed by atoms with Crippen LogP contribution in [-0.4, -0.2) is 27.2 Å². The lowest BCUT2D eigenvalue weighted by Crippen LogP contribution is -2.65. The normalized spacial score (nSPS) is 53.9. The zero-order valence-electron chi connectivity index (χ0n) is 11.8. The second kappa shape index (κ2) is 3.20. The third kappa shape index (κ3) is 1.36. The molecule has 4 atom stereocenters. The number of ether oxygens (including phenoxy) is 1. The first-order chi connectivity index (χ1) is 8.13. The van der Waals surface area contributed by atoms with Gasteiger partial charge >= 0.3 is 0 Å². The molecule has 3 rings (SSSR count). The van der Waals surface area contributed by atoms with Crippen LogP contribution in [0.25, 0.3) is 0 Å². The molecule has 0 radical (unpaired) electrons. The fourth-order valence-electron chi connectivity index (χ4n) is 4.55. The molecule has 3 heteroatoms. The van der Waals surface area contributed by atoms with Gasteiger partial charge in [0.15, 0.2) is 5.79 Å². The van der Waals surface area contributed by atoms with Crippen LogP contribution in [0.4, 0.5) is 0 Å². The van der Waals surface area contributed by atoms with Gasteiger partial charge in [-0.15, -0.1) is 0 Å². The number of rotatable bonds is 0. The van der Waals surface area contributed by atoms with E-state index in [1.165, 1.54) is 0 Å². The smallest absolute Gasteiger partial charge is 0.188 e. The van der Waals surface area contributed by atoms with E-state index in [4.69, 9.17) is 4.74 Å². The summed E-state index contributed by atoms with van der Waals surface area (Å²) in [4.78, 5) is 0. The minimum absolute atomic E-state index is 0.0440. The number of aliphatic hydroxyl groups is 2.